The molecule has 1 rings (SSSR count). The maximum absolute atomic E-state index is 12.4. The fourth-order valence-electron chi connectivity index (χ4n) is 1.87. The van der Waals surface area contributed by atoms with Crippen molar-refractivity contribution in [3.8, 4) is 5.75 Å². The number of ether oxygens (including phenoxy) is 1. The van der Waals surface area contributed by atoms with Gasteiger partial charge in [-0.1, -0.05) is 19.8 Å². The third-order valence-corrected chi connectivity index (χ3v) is 5.10. The molecule has 0 radical (unpaired) electrons. The van der Waals surface area contributed by atoms with Gasteiger partial charge in [-0.3, -0.25) is 0 Å². The average molecular weight is 314 g/mol. The first-order valence-electron chi connectivity index (χ1n) is 7.41. The van der Waals surface area contributed by atoms with Crippen LogP contribution in [0.25, 0.3) is 0 Å². The predicted octanol–water partition coefficient (Wildman–Crippen LogP) is 2.22. The molecule has 0 bridgehead atoms. The van der Waals surface area contributed by atoms with Crippen molar-refractivity contribution in [3.05, 3.63) is 24.3 Å². The van der Waals surface area contributed by atoms with E-state index in [1.807, 2.05) is 0 Å². The summed E-state index contributed by atoms with van der Waals surface area (Å²) in [7, 11) is -1.78. The van der Waals surface area contributed by atoms with Gasteiger partial charge in [-0.2, -0.15) is 0 Å². The van der Waals surface area contributed by atoms with Crippen LogP contribution in [0, 0.1) is 0 Å². The number of unbranched alkanes of at least 4 members (excludes halogenated alkanes) is 2. The van der Waals surface area contributed by atoms with E-state index in [0.717, 1.165) is 25.7 Å². The fourth-order valence-corrected chi connectivity index (χ4v) is 3.08. The summed E-state index contributed by atoms with van der Waals surface area (Å²) >= 11 is 0. The summed E-state index contributed by atoms with van der Waals surface area (Å²) in [5.41, 5.74) is 5.39. The number of hydrogen-bond donors (Lipinski definition) is 1. The molecule has 21 heavy (non-hydrogen) atoms. The van der Waals surface area contributed by atoms with Gasteiger partial charge < -0.3 is 10.5 Å². The molecular formula is C15H26N2O3S. The average Bonchev–Trinajstić information content (AvgIpc) is 2.48. The number of nitrogens with zero attached hydrogens (tertiary/aromatic N) is 1. The molecule has 6 heteroatoms. The third-order valence-electron chi connectivity index (χ3n) is 3.23. The molecule has 2 N–H and O–H groups in total. The number of benzene rings is 1. The topological polar surface area (TPSA) is 72.6 Å². The van der Waals surface area contributed by atoms with Crippen LogP contribution < -0.4 is 10.5 Å². The van der Waals surface area contributed by atoms with Gasteiger partial charge in [0.2, 0.25) is 10.0 Å². The van der Waals surface area contributed by atoms with Crippen LogP contribution in [0.5, 0.6) is 5.75 Å². The van der Waals surface area contributed by atoms with E-state index in [-0.39, 0.29) is 0 Å². The maximum Gasteiger partial charge on any atom is 0.242 e. The van der Waals surface area contributed by atoms with Crippen LogP contribution in [0.1, 0.15) is 32.6 Å². The van der Waals surface area contributed by atoms with Crippen molar-refractivity contribution in [3.63, 3.8) is 0 Å². The highest BCUT2D eigenvalue weighted by Gasteiger charge is 2.19. The fraction of sp³-hybridized carbons (Fsp3) is 0.600. The summed E-state index contributed by atoms with van der Waals surface area (Å²) in [5, 5.41) is 0. The van der Waals surface area contributed by atoms with Gasteiger partial charge in [0, 0.05) is 13.6 Å². The SMILES string of the molecule is CCCCCN(C)S(=O)(=O)c1ccc(OCCCN)cc1. The molecule has 1 aromatic rings. The second kappa shape index (κ2) is 9.02. The molecule has 0 unspecified atom stereocenters. The summed E-state index contributed by atoms with van der Waals surface area (Å²) in [4.78, 5) is 0.299. The van der Waals surface area contributed by atoms with Crippen LogP contribution >= 0.6 is 0 Å². The monoisotopic (exact) mass is 314 g/mol. The predicted molar refractivity (Wildman–Crippen MR) is 84.9 cm³/mol. The minimum absolute atomic E-state index is 0.299. The van der Waals surface area contributed by atoms with E-state index in [9.17, 15) is 8.42 Å². The van der Waals surface area contributed by atoms with Gasteiger partial charge in [0.05, 0.1) is 11.5 Å². The lowest BCUT2D eigenvalue weighted by atomic mass is 10.2. The van der Waals surface area contributed by atoms with Crippen LogP contribution in [-0.4, -0.2) is 39.5 Å². The highest BCUT2D eigenvalue weighted by molar-refractivity contribution is 7.89. The van der Waals surface area contributed by atoms with Crippen molar-refractivity contribution >= 4 is 10.0 Å². The first-order chi connectivity index (χ1) is 10.0. The van der Waals surface area contributed by atoms with Gasteiger partial charge in [-0.15, -0.1) is 0 Å². The van der Waals surface area contributed by atoms with E-state index >= 15 is 0 Å². The Morgan fingerprint density at radius 3 is 2.38 bits per heavy atom. The Balaban J connectivity index is 2.66. The smallest absolute Gasteiger partial charge is 0.242 e. The molecule has 0 saturated carbocycles. The first kappa shape index (κ1) is 17.9. The van der Waals surface area contributed by atoms with Crippen LogP contribution in [0.3, 0.4) is 0 Å². The Morgan fingerprint density at radius 2 is 1.81 bits per heavy atom. The van der Waals surface area contributed by atoms with Crippen LogP contribution in [-0.2, 0) is 10.0 Å². The van der Waals surface area contributed by atoms with E-state index in [0.29, 0.717) is 30.3 Å². The molecule has 0 aliphatic carbocycles. The first-order valence-corrected chi connectivity index (χ1v) is 8.85. The zero-order chi connectivity index (χ0) is 15.7. The molecule has 0 aliphatic heterocycles. The second-order valence-corrected chi connectivity index (χ2v) is 7.04. The molecule has 0 heterocycles. The second-order valence-electron chi connectivity index (χ2n) is 5.00. The molecule has 120 valence electrons. The van der Waals surface area contributed by atoms with Gasteiger partial charge in [0.1, 0.15) is 5.75 Å². The highest BCUT2D eigenvalue weighted by atomic mass is 32.2. The van der Waals surface area contributed by atoms with Crippen molar-refractivity contribution in [2.45, 2.75) is 37.5 Å². The van der Waals surface area contributed by atoms with Crippen LogP contribution in [0.15, 0.2) is 29.2 Å². The number of nitrogens with two attached hydrogens (primary N) is 1. The number of sulfonamides is 1. The van der Waals surface area contributed by atoms with Gasteiger partial charge in [0.25, 0.3) is 0 Å². The van der Waals surface area contributed by atoms with Gasteiger partial charge >= 0.3 is 0 Å². The summed E-state index contributed by atoms with van der Waals surface area (Å²) in [6, 6.07) is 6.54. The van der Waals surface area contributed by atoms with E-state index in [1.165, 1.54) is 4.31 Å². The molecule has 1 aromatic carbocycles. The summed E-state index contributed by atoms with van der Waals surface area (Å²) in [5.74, 6) is 0.663. The van der Waals surface area contributed by atoms with Crippen molar-refractivity contribution in [2.75, 3.05) is 26.7 Å². The van der Waals surface area contributed by atoms with Gasteiger partial charge in [-0.05, 0) is 43.7 Å². The van der Waals surface area contributed by atoms with E-state index in [2.05, 4.69) is 6.92 Å². The molecule has 0 atom stereocenters. The lowest BCUT2D eigenvalue weighted by molar-refractivity contribution is 0.313. The Hall–Kier alpha value is -1.11. The standard InChI is InChI=1S/C15H26N2O3S/c1-3-4-5-12-17(2)21(18,19)15-9-7-14(8-10-15)20-13-6-11-16/h7-10H,3-6,11-13,16H2,1-2H3. The molecule has 0 amide bonds. The van der Waals surface area contributed by atoms with Crippen molar-refractivity contribution in [2.24, 2.45) is 5.73 Å². The van der Waals surface area contributed by atoms with Crippen molar-refractivity contribution < 1.29 is 13.2 Å². The van der Waals surface area contributed by atoms with Crippen molar-refractivity contribution in [1.82, 2.24) is 4.31 Å². The zero-order valence-corrected chi connectivity index (χ0v) is 13.7. The van der Waals surface area contributed by atoms with Crippen LogP contribution in [0.2, 0.25) is 0 Å². The Bertz CT molecular complexity index is 500. The summed E-state index contributed by atoms with van der Waals surface area (Å²) in [6.45, 7) is 3.76. The van der Waals surface area contributed by atoms with E-state index in [4.69, 9.17) is 10.5 Å². The molecule has 0 saturated heterocycles. The largest absolute Gasteiger partial charge is 0.494 e. The molecule has 0 fully saturated rings. The zero-order valence-electron chi connectivity index (χ0n) is 12.9. The minimum Gasteiger partial charge on any atom is -0.494 e. The lowest BCUT2D eigenvalue weighted by Gasteiger charge is -2.17. The molecule has 5 nitrogen and oxygen atoms in total. The van der Waals surface area contributed by atoms with Crippen LogP contribution in [0.4, 0.5) is 0 Å². The third kappa shape index (κ3) is 5.65. The Kier molecular flexibility index (Phi) is 7.71. The van der Waals surface area contributed by atoms with E-state index in [1.54, 1.807) is 31.3 Å². The molecule has 0 aliphatic rings. The normalized spacial score (nSPS) is 11.8. The molecule has 0 aromatic heterocycles. The summed E-state index contributed by atoms with van der Waals surface area (Å²) < 4.78 is 31.6. The van der Waals surface area contributed by atoms with Gasteiger partial charge in [-0.25, -0.2) is 12.7 Å². The molecule has 0 spiro atoms. The van der Waals surface area contributed by atoms with Crippen molar-refractivity contribution in [1.29, 1.82) is 0 Å². The number of hydrogen-bond acceptors (Lipinski definition) is 4. The number of rotatable bonds is 10. The summed E-state index contributed by atoms with van der Waals surface area (Å²) in [6.07, 6.45) is 3.77. The highest BCUT2D eigenvalue weighted by Crippen LogP contribution is 2.19. The van der Waals surface area contributed by atoms with Gasteiger partial charge in [0.15, 0.2) is 0 Å². The quantitative estimate of drug-likeness (QED) is 0.672. The molecular weight excluding hydrogens is 288 g/mol. The Morgan fingerprint density at radius 1 is 1.14 bits per heavy atom. The van der Waals surface area contributed by atoms with E-state index < -0.39 is 10.0 Å². The minimum atomic E-state index is -3.40. The Labute approximate surface area is 128 Å². The maximum atomic E-state index is 12.4. The lowest BCUT2D eigenvalue weighted by Crippen LogP contribution is -2.27.